The third kappa shape index (κ3) is 4.12. The number of hydrogen-bond acceptors (Lipinski definition) is 5. The number of benzene rings is 2. The predicted octanol–water partition coefficient (Wildman–Crippen LogP) is 3.50. The van der Waals surface area contributed by atoms with Crippen molar-refractivity contribution < 1.29 is 14.0 Å². The Morgan fingerprint density at radius 3 is 1.50 bits per heavy atom. The van der Waals surface area contributed by atoms with Crippen molar-refractivity contribution in [3.63, 3.8) is 0 Å². The molecule has 6 heteroatoms. The van der Waals surface area contributed by atoms with Crippen LogP contribution in [0.2, 0.25) is 0 Å². The molecule has 0 aliphatic heterocycles. The van der Waals surface area contributed by atoms with Crippen molar-refractivity contribution in [2.75, 3.05) is 41.3 Å². The number of ketones is 2. The number of carbonyl (C=O) groups excluding carboxylic acids is 2. The second kappa shape index (κ2) is 7.99. The zero-order chi connectivity index (χ0) is 18.1. The van der Waals surface area contributed by atoms with Crippen LogP contribution in [0.4, 0.5) is 0 Å². The maximum atomic E-state index is 12.3. The van der Waals surface area contributed by atoms with Gasteiger partial charge in [0.25, 0.3) is 0 Å². The molecule has 3 aromatic rings. The highest BCUT2D eigenvalue weighted by Gasteiger charge is 2.14. The minimum absolute atomic E-state index is 0. The van der Waals surface area contributed by atoms with Crippen LogP contribution >= 0.6 is 12.4 Å². The Morgan fingerprint density at radius 2 is 1.15 bits per heavy atom. The smallest absolute Gasteiger partial charge is 0.176 e. The van der Waals surface area contributed by atoms with Crippen molar-refractivity contribution >= 4 is 45.9 Å². The highest BCUT2D eigenvalue weighted by Crippen LogP contribution is 2.30. The molecule has 0 amide bonds. The molecule has 0 spiro atoms. The number of rotatable bonds is 6. The Kier molecular flexibility index (Phi) is 6.18. The molecule has 0 aliphatic rings. The molecule has 0 atom stereocenters. The number of hydrogen-bond donors (Lipinski definition) is 0. The van der Waals surface area contributed by atoms with Gasteiger partial charge < -0.3 is 14.2 Å². The summed E-state index contributed by atoms with van der Waals surface area (Å²) >= 11 is 0. The van der Waals surface area contributed by atoms with Gasteiger partial charge in [-0.2, -0.15) is 0 Å². The lowest BCUT2D eigenvalue weighted by atomic mass is 10.0. The van der Waals surface area contributed by atoms with Crippen molar-refractivity contribution in [3.8, 4) is 0 Å². The van der Waals surface area contributed by atoms with Gasteiger partial charge in [-0.15, -0.1) is 12.4 Å². The lowest BCUT2D eigenvalue weighted by Gasteiger charge is -2.08. The first-order valence-corrected chi connectivity index (χ1v) is 8.17. The molecular formula is C20H23ClN2O3. The van der Waals surface area contributed by atoms with Crippen LogP contribution in [0.1, 0.15) is 20.7 Å². The third-order valence-corrected chi connectivity index (χ3v) is 4.03. The highest BCUT2D eigenvalue weighted by atomic mass is 35.5. The van der Waals surface area contributed by atoms with E-state index in [1.54, 1.807) is 12.1 Å². The molecule has 0 saturated carbocycles. The summed E-state index contributed by atoms with van der Waals surface area (Å²) in [6, 6.07) is 10.9. The fourth-order valence-electron chi connectivity index (χ4n) is 2.88. The molecule has 1 aromatic heterocycles. The minimum Gasteiger partial charge on any atom is -0.456 e. The summed E-state index contributed by atoms with van der Waals surface area (Å²) in [6.07, 6.45) is 0. The second-order valence-electron chi connectivity index (χ2n) is 6.85. The van der Waals surface area contributed by atoms with E-state index in [4.69, 9.17) is 4.42 Å². The molecule has 0 N–H and O–H groups in total. The maximum Gasteiger partial charge on any atom is 0.176 e. The van der Waals surface area contributed by atoms with Crippen molar-refractivity contribution in [1.29, 1.82) is 0 Å². The molecule has 26 heavy (non-hydrogen) atoms. The molecule has 3 rings (SSSR count). The molecule has 138 valence electrons. The lowest BCUT2D eigenvalue weighted by Crippen LogP contribution is -2.21. The van der Waals surface area contributed by atoms with Gasteiger partial charge in [0.1, 0.15) is 11.2 Å². The van der Waals surface area contributed by atoms with E-state index in [1.165, 1.54) is 0 Å². The largest absolute Gasteiger partial charge is 0.456 e. The molecule has 0 bridgehead atoms. The molecule has 0 aliphatic carbocycles. The van der Waals surface area contributed by atoms with Crippen molar-refractivity contribution in [2.24, 2.45) is 0 Å². The molecule has 5 nitrogen and oxygen atoms in total. The number of carbonyl (C=O) groups is 2. The fraction of sp³-hybridized carbons (Fsp3) is 0.300. The maximum absolute atomic E-state index is 12.3. The second-order valence-corrected chi connectivity index (χ2v) is 6.85. The monoisotopic (exact) mass is 374 g/mol. The van der Waals surface area contributed by atoms with Gasteiger partial charge >= 0.3 is 0 Å². The lowest BCUT2D eigenvalue weighted by molar-refractivity contribution is 0.0949. The number of nitrogens with zero attached hydrogens (tertiary/aromatic N) is 2. The summed E-state index contributed by atoms with van der Waals surface area (Å²) in [4.78, 5) is 28.3. The van der Waals surface area contributed by atoms with Gasteiger partial charge in [0.15, 0.2) is 11.6 Å². The van der Waals surface area contributed by atoms with Crippen LogP contribution in [0.3, 0.4) is 0 Å². The summed E-state index contributed by atoms with van der Waals surface area (Å²) in [5, 5.41) is 1.72. The summed E-state index contributed by atoms with van der Waals surface area (Å²) in [5.74, 6) is 0.113. The van der Waals surface area contributed by atoms with E-state index in [2.05, 4.69) is 0 Å². The quantitative estimate of drug-likeness (QED) is 0.618. The van der Waals surface area contributed by atoms with Gasteiger partial charge in [-0.25, -0.2) is 0 Å². The number of likely N-dealkylation sites (N-methyl/N-ethyl adjacent to an activating group) is 2. The number of halogens is 1. The van der Waals surface area contributed by atoms with Gasteiger partial charge in [-0.05, 0) is 64.6 Å². The van der Waals surface area contributed by atoms with Crippen molar-refractivity contribution in [1.82, 2.24) is 9.80 Å². The van der Waals surface area contributed by atoms with E-state index in [0.717, 1.165) is 10.8 Å². The Morgan fingerprint density at radius 1 is 0.769 bits per heavy atom. The Bertz CT molecular complexity index is 884. The van der Waals surface area contributed by atoms with E-state index in [9.17, 15) is 9.59 Å². The van der Waals surface area contributed by atoms with Gasteiger partial charge in [0.2, 0.25) is 0 Å². The Balaban J connectivity index is 0.00000243. The number of Topliss-reactive ketones (excluding diaryl/α,β-unsaturated/α-hetero) is 2. The SMILES string of the molecule is CN(C)CC(=O)c1ccc2oc3ccc(C(=O)CN(C)C)cc3c2c1.Cl. The first-order chi connectivity index (χ1) is 11.8. The van der Waals surface area contributed by atoms with Crippen LogP contribution in [0.15, 0.2) is 40.8 Å². The van der Waals surface area contributed by atoms with Crippen molar-refractivity contribution in [2.45, 2.75) is 0 Å². The first-order valence-electron chi connectivity index (χ1n) is 8.17. The number of furan rings is 1. The normalized spacial score (nSPS) is 11.3. The molecular weight excluding hydrogens is 352 g/mol. The Labute approximate surface area is 159 Å². The molecule has 0 radical (unpaired) electrons. The number of fused-ring (bicyclic) bond motifs is 3. The highest BCUT2D eigenvalue weighted by molar-refractivity contribution is 6.11. The zero-order valence-electron chi connectivity index (χ0n) is 15.4. The van der Waals surface area contributed by atoms with E-state index in [-0.39, 0.29) is 24.0 Å². The Hall–Kier alpha value is -2.21. The molecule has 0 fully saturated rings. The standard InChI is InChI=1S/C20H22N2O3.ClH/c1-21(2)11-17(23)13-5-7-19-15(9-13)16-10-14(6-8-20(16)25-19)18(24)12-22(3)4;/h5-10H,11-12H2,1-4H3;1H. The van der Waals surface area contributed by atoms with Crippen molar-refractivity contribution in [3.05, 3.63) is 47.5 Å². The van der Waals surface area contributed by atoms with E-state index in [0.29, 0.717) is 35.4 Å². The summed E-state index contributed by atoms with van der Waals surface area (Å²) in [7, 11) is 7.47. The van der Waals surface area contributed by atoms with E-state index < -0.39 is 0 Å². The fourth-order valence-corrected chi connectivity index (χ4v) is 2.88. The average molecular weight is 375 g/mol. The summed E-state index contributed by atoms with van der Waals surface area (Å²) < 4.78 is 5.84. The zero-order valence-corrected chi connectivity index (χ0v) is 16.2. The summed E-state index contributed by atoms with van der Waals surface area (Å²) in [6.45, 7) is 0.710. The van der Waals surface area contributed by atoms with Gasteiger partial charge in [-0.1, -0.05) is 0 Å². The van der Waals surface area contributed by atoms with Gasteiger partial charge in [0, 0.05) is 21.9 Å². The molecule has 2 aromatic carbocycles. The molecule has 0 unspecified atom stereocenters. The van der Waals surface area contributed by atoms with Crippen LogP contribution in [-0.4, -0.2) is 62.6 Å². The summed E-state index contributed by atoms with van der Waals surface area (Å²) in [5.41, 5.74) is 2.73. The van der Waals surface area contributed by atoms with Crippen LogP contribution in [0.5, 0.6) is 0 Å². The third-order valence-electron chi connectivity index (χ3n) is 4.03. The van der Waals surface area contributed by atoms with E-state index >= 15 is 0 Å². The van der Waals surface area contributed by atoms with Crippen LogP contribution < -0.4 is 0 Å². The molecule has 1 heterocycles. The molecule has 0 saturated heterocycles. The average Bonchev–Trinajstić information content (AvgIpc) is 2.90. The van der Waals surface area contributed by atoms with Crippen LogP contribution in [0, 0.1) is 0 Å². The predicted molar refractivity (Wildman–Crippen MR) is 107 cm³/mol. The minimum atomic E-state index is 0. The first kappa shape index (κ1) is 20.1. The van der Waals surface area contributed by atoms with Gasteiger partial charge in [-0.3, -0.25) is 9.59 Å². The van der Waals surface area contributed by atoms with Gasteiger partial charge in [0.05, 0.1) is 13.1 Å². The topological polar surface area (TPSA) is 53.8 Å². The van der Waals surface area contributed by atoms with E-state index in [1.807, 2.05) is 62.3 Å². The van der Waals surface area contributed by atoms with Crippen LogP contribution in [0.25, 0.3) is 21.9 Å². The van der Waals surface area contributed by atoms with Crippen LogP contribution in [-0.2, 0) is 0 Å².